The van der Waals surface area contributed by atoms with E-state index in [1.165, 1.54) is 18.9 Å². The topological polar surface area (TPSA) is 12.9 Å². The summed E-state index contributed by atoms with van der Waals surface area (Å²) in [5.74, 6) is 0.118. The lowest BCUT2D eigenvalue weighted by molar-refractivity contribution is 0.620. The molecule has 1 aliphatic rings. The first-order valence-corrected chi connectivity index (χ1v) is 4.68. The van der Waals surface area contributed by atoms with E-state index >= 15 is 0 Å². The van der Waals surface area contributed by atoms with E-state index < -0.39 is 0 Å². The highest BCUT2D eigenvalue weighted by atomic mass is 19.1. The highest BCUT2D eigenvalue weighted by Gasteiger charge is 2.17. The first-order valence-electron chi connectivity index (χ1n) is 4.68. The molecule has 0 aliphatic heterocycles. The highest BCUT2D eigenvalue weighted by Crippen LogP contribution is 2.33. The van der Waals surface area contributed by atoms with E-state index in [-0.39, 0.29) is 11.4 Å². The summed E-state index contributed by atoms with van der Waals surface area (Å²) in [6, 6.07) is 1.53. The summed E-state index contributed by atoms with van der Waals surface area (Å²) in [7, 11) is 5.30. The molecule has 13 heavy (non-hydrogen) atoms. The van der Waals surface area contributed by atoms with E-state index in [0.717, 1.165) is 18.4 Å². The number of pyridine rings is 1. The van der Waals surface area contributed by atoms with Gasteiger partial charge in [-0.25, -0.2) is 4.39 Å². The lowest BCUT2D eigenvalue weighted by atomic mass is 9.96. The standard InChI is InChI=1S/C10H11BFN/c11-10-9(12)5-8(6-13-10)7-3-1-2-4-7/h5-7H,1-4H2. The Labute approximate surface area is 78.8 Å². The van der Waals surface area contributed by atoms with Gasteiger partial charge in [0.25, 0.3) is 0 Å². The van der Waals surface area contributed by atoms with Gasteiger partial charge in [0, 0.05) is 11.8 Å². The third-order valence-corrected chi connectivity index (χ3v) is 2.72. The van der Waals surface area contributed by atoms with E-state index in [1.54, 1.807) is 6.20 Å². The third kappa shape index (κ3) is 1.74. The van der Waals surface area contributed by atoms with Crippen molar-refractivity contribution in [1.82, 2.24) is 4.98 Å². The van der Waals surface area contributed by atoms with Gasteiger partial charge >= 0.3 is 0 Å². The largest absolute Gasteiger partial charge is 0.270 e. The maximum Gasteiger partial charge on any atom is 0.145 e. The lowest BCUT2D eigenvalue weighted by Crippen LogP contribution is -2.14. The number of aromatic nitrogens is 1. The smallest absolute Gasteiger partial charge is 0.145 e. The molecular formula is C10H11BFN. The van der Waals surface area contributed by atoms with Gasteiger partial charge in [0.1, 0.15) is 13.7 Å². The monoisotopic (exact) mass is 175 g/mol. The van der Waals surface area contributed by atoms with E-state index in [0.29, 0.717) is 5.92 Å². The summed E-state index contributed by atoms with van der Waals surface area (Å²) >= 11 is 0. The molecule has 0 saturated heterocycles. The molecule has 1 nitrogen and oxygen atoms in total. The fourth-order valence-electron chi connectivity index (χ4n) is 1.95. The zero-order chi connectivity index (χ0) is 9.26. The fraction of sp³-hybridized carbons (Fsp3) is 0.500. The third-order valence-electron chi connectivity index (χ3n) is 2.72. The van der Waals surface area contributed by atoms with Gasteiger partial charge in [-0.05, 0) is 30.4 Å². The minimum absolute atomic E-state index is 0.00162. The Morgan fingerprint density at radius 3 is 2.69 bits per heavy atom. The molecule has 1 heterocycles. The first-order chi connectivity index (χ1) is 6.27. The lowest BCUT2D eigenvalue weighted by Gasteiger charge is -2.09. The highest BCUT2D eigenvalue weighted by molar-refractivity contribution is 6.30. The SMILES string of the molecule is [B]c1ncc(C2CCCC2)cc1F. The molecule has 0 amide bonds. The molecular weight excluding hydrogens is 164 g/mol. The molecule has 1 aromatic rings. The van der Waals surface area contributed by atoms with Gasteiger partial charge < -0.3 is 0 Å². The van der Waals surface area contributed by atoms with Crippen LogP contribution >= 0.6 is 0 Å². The van der Waals surface area contributed by atoms with E-state index in [2.05, 4.69) is 4.98 Å². The average molecular weight is 175 g/mol. The zero-order valence-corrected chi connectivity index (χ0v) is 7.46. The second-order valence-electron chi connectivity index (χ2n) is 3.62. The van der Waals surface area contributed by atoms with Crippen molar-refractivity contribution < 1.29 is 4.39 Å². The van der Waals surface area contributed by atoms with Gasteiger partial charge in [-0.3, -0.25) is 4.98 Å². The van der Waals surface area contributed by atoms with Crippen LogP contribution in [-0.2, 0) is 0 Å². The van der Waals surface area contributed by atoms with Crippen LogP contribution in [0.15, 0.2) is 12.3 Å². The van der Waals surface area contributed by atoms with Crippen LogP contribution in [0.5, 0.6) is 0 Å². The molecule has 0 bridgehead atoms. The summed E-state index contributed by atoms with van der Waals surface area (Å²) in [6.07, 6.45) is 6.51. The van der Waals surface area contributed by atoms with E-state index in [9.17, 15) is 4.39 Å². The average Bonchev–Trinajstić information content (AvgIpc) is 2.62. The number of nitrogens with zero attached hydrogens (tertiary/aromatic N) is 1. The van der Waals surface area contributed by atoms with Crippen molar-refractivity contribution in [2.24, 2.45) is 0 Å². The van der Waals surface area contributed by atoms with Crippen LogP contribution in [0.4, 0.5) is 4.39 Å². The molecule has 0 unspecified atom stereocenters. The van der Waals surface area contributed by atoms with Gasteiger partial charge in [-0.2, -0.15) is 0 Å². The van der Waals surface area contributed by atoms with Gasteiger partial charge in [0.15, 0.2) is 0 Å². The predicted molar refractivity (Wildman–Crippen MR) is 50.8 cm³/mol. The Morgan fingerprint density at radius 2 is 2.08 bits per heavy atom. The summed E-state index contributed by atoms with van der Waals surface area (Å²) in [5.41, 5.74) is 1.01. The summed E-state index contributed by atoms with van der Waals surface area (Å²) in [6.45, 7) is 0. The van der Waals surface area contributed by atoms with Crippen molar-refractivity contribution >= 4 is 13.4 Å². The van der Waals surface area contributed by atoms with Crippen molar-refractivity contribution in [1.29, 1.82) is 0 Å². The van der Waals surface area contributed by atoms with Crippen LogP contribution in [0.3, 0.4) is 0 Å². The molecule has 0 aromatic carbocycles. The fourth-order valence-corrected chi connectivity index (χ4v) is 1.95. The number of hydrogen-bond donors (Lipinski definition) is 0. The van der Waals surface area contributed by atoms with Crippen LogP contribution in [0, 0.1) is 5.82 Å². The molecule has 1 aliphatic carbocycles. The Balaban J connectivity index is 2.25. The van der Waals surface area contributed by atoms with Gasteiger partial charge in [0.05, 0.1) is 0 Å². The van der Waals surface area contributed by atoms with E-state index in [4.69, 9.17) is 7.85 Å². The predicted octanol–water partition coefficient (Wildman–Crippen LogP) is 1.67. The maximum atomic E-state index is 13.0. The molecule has 2 radical (unpaired) electrons. The molecule has 1 aromatic heterocycles. The van der Waals surface area contributed by atoms with Crippen molar-refractivity contribution in [3.05, 3.63) is 23.6 Å². The van der Waals surface area contributed by atoms with Crippen LogP contribution < -0.4 is 5.59 Å². The maximum absolute atomic E-state index is 13.0. The Bertz CT molecular complexity index is 308. The Morgan fingerprint density at radius 1 is 1.38 bits per heavy atom. The molecule has 1 saturated carbocycles. The number of halogens is 1. The first kappa shape index (κ1) is 8.73. The van der Waals surface area contributed by atoms with Gasteiger partial charge in [-0.1, -0.05) is 12.8 Å². The minimum atomic E-state index is -0.385. The van der Waals surface area contributed by atoms with Crippen LogP contribution in [0.1, 0.15) is 37.2 Å². The summed E-state index contributed by atoms with van der Waals surface area (Å²) in [4.78, 5) is 3.83. The summed E-state index contributed by atoms with van der Waals surface area (Å²) in [5, 5.41) is 0. The van der Waals surface area contributed by atoms with Crippen LogP contribution in [0.2, 0.25) is 0 Å². The van der Waals surface area contributed by atoms with Crippen molar-refractivity contribution in [2.45, 2.75) is 31.6 Å². The normalized spacial score (nSPS) is 17.9. The molecule has 66 valence electrons. The minimum Gasteiger partial charge on any atom is -0.270 e. The number of hydrogen-bond acceptors (Lipinski definition) is 1. The quantitative estimate of drug-likeness (QED) is 0.591. The van der Waals surface area contributed by atoms with Gasteiger partial charge in [0.2, 0.25) is 0 Å². The van der Waals surface area contributed by atoms with Crippen LogP contribution in [0.25, 0.3) is 0 Å². The van der Waals surface area contributed by atoms with Crippen molar-refractivity contribution in [2.75, 3.05) is 0 Å². The Kier molecular flexibility index (Phi) is 2.34. The molecule has 1 fully saturated rings. The molecule has 3 heteroatoms. The van der Waals surface area contributed by atoms with Crippen molar-refractivity contribution in [3.63, 3.8) is 0 Å². The van der Waals surface area contributed by atoms with Crippen LogP contribution in [-0.4, -0.2) is 12.8 Å². The zero-order valence-electron chi connectivity index (χ0n) is 7.46. The number of rotatable bonds is 1. The Hall–Kier alpha value is -0.855. The molecule has 0 N–H and O–H groups in total. The molecule has 0 atom stereocenters. The molecule has 2 rings (SSSR count). The molecule has 0 spiro atoms. The van der Waals surface area contributed by atoms with E-state index in [1.807, 2.05) is 0 Å². The van der Waals surface area contributed by atoms with Crippen molar-refractivity contribution in [3.8, 4) is 0 Å². The summed E-state index contributed by atoms with van der Waals surface area (Å²) < 4.78 is 13.0. The van der Waals surface area contributed by atoms with Gasteiger partial charge in [-0.15, -0.1) is 0 Å². The second kappa shape index (κ2) is 3.48. The second-order valence-corrected chi connectivity index (χ2v) is 3.62.